The van der Waals surface area contributed by atoms with Gasteiger partial charge in [0.1, 0.15) is 0 Å². The van der Waals surface area contributed by atoms with Crippen molar-refractivity contribution in [2.24, 2.45) is 0 Å². The van der Waals surface area contributed by atoms with Crippen molar-refractivity contribution >= 4 is 17.6 Å². The molecule has 0 fully saturated rings. The summed E-state index contributed by atoms with van der Waals surface area (Å²) in [6.45, 7) is 4.32. The molecular formula is C23H22N2O4. The molecule has 0 unspecified atom stereocenters. The van der Waals surface area contributed by atoms with Crippen LogP contribution in [0, 0.1) is 6.92 Å². The summed E-state index contributed by atoms with van der Waals surface area (Å²) in [5, 5.41) is 2.73. The summed E-state index contributed by atoms with van der Waals surface area (Å²) >= 11 is 0. The van der Waals surface area contributed by atoms with Crippen LogP contribution in [0.4, 0.5) is 5.69 Å². The summed E-state index contributed by atoms with van der Waals surface area (Å²) in [7, 11) is 0. The SMILES string of the molecule is CCOC(=O)c1ccccc1NC(=O)c1ccc(=O)n(Cc2ccc(C)cc2)c1. The Hall–Kier alpha value is -3.67. The van der Waals surface area contributed by atoms with E-state index in [1.165, 1.54) is 22.9 Å². The number of carbonyl (C=O) groups excluding carboxylic acids is 2. The van der Waals surface area contributed by atoms with Crippen molar-refractivity contribution in [1.82, 2.24) is 4.57 Å². The molecule has 3 rings (SSSR count). The van der Waals surface area contributed by atoms with E-state index < -0.39 is 11.9 Å². The van der Waals surface area contributed by atoms with Crippen LogP contribution in [-0.4, -0.2) is 23.1 Å². The monoisotopic (exact) mass is 390 g/mol. The highest BCUT2D eigenvalue weighted by molar-refractivity contribution is 6.07. The number of ether oxygens (including phenoxy) is 1. The van der Waals surface area contributed by atoms with Gasteiger partial charge in [0.05, 0.1) is 30.0 Å². The molecule has 6 heteroatoms. The first-order chi connectivity index (χ1) is 14.0. The molecule has 3 aromatic rings. The Balaban J connectivity index is 1.83. The number of aryl methyl sites for hydroxylation is 1. The van der Waals surface area contributed by atoms with Gasteiger partial charge in [0.25, 0.3) is 11.5 Å². The number of rotatable bonds is 6. The molecule has 0 bridgehead atoms. The fourth-order valence-corrected chi connectivity index (χ4v) is 2.85. The number of nitrogens with one attached hydrogen (secondary N) is 1. The van der Waals surface area contributed by atoms with E-state index in [0.717, 1.165) is 11.1 Å². The number of aromatic nitrogens is 1. The molecule has 0 aliphatic rings. The zero-order valence-corrected chi connectivity index (χ0v) is 16.3. The Morgan fingerprint density at radius 2 is 1.72 bits per heavy atom. The number of hydrogen-bond donors (Lipinski definition) is 1. The maximum Gasteiger partial charge on any atom is 0.340 e. The number of esters is 1. The molecule has 0 saturated heterocycles. The van der Waals surface area contributed by atoms with E-state index in [1.807, 2.05) is 31.2 Å². The predicted molar refractivity (Wildman–Crippen MR) is 111 cm³/mol. The Labute approximate surface area is 168 Å². The molecule has 1 amide bonds. The van der Waals surface area contributed by atoms with E-state index in [4.69, 9.17) is 4.74 Å². The van der Waals surface area contributed by atoms with Crippen LogP contribution in [0.15, 0.2) is 71.7 Å². The molecule has 2 aromatic carbocycles. The minimum Gasteiger partial charge on any atom is -0.462 e. The van der Waals surface area contributed by atoms with Crippen molar-refractivity contribution in [1.29, 1.82) is 0 Å². The third-order valence-corrected chi connectivity index (χ3v) is 4.39. The maximum atomic E-state index is 12.7. The molecule has 0 spiro atoms. The van der Waals surface area contributed by atoms with Gasteiger partial charge in [-0.1, -0.05) is 42.0 Å². The van der Waals surface area contributed by atoms with Crippen molar-refractivity contribution in [2.75, 3.05) is 11.9 Å². The highest BCUT2D eigenvalue weighted by Gasteiger charge is 2.15. The molecule has 29 heavy (non-hydrogen) atoms. The minimum atomic E-state index is -0.507. The Morgan fingerprint density at radius 1 is 1.00 bits per heavy atom. The second-order valence-corrected chi connectivity index (χ2v) is 6.59. The lowest BCUT2D eigenvalue weighted by Gasteiger charge is -2.12. The lowest BCUT2D eigenvalue weighted by molar-refractivity contribution is 0.0527. The normalized spacial score (nSPS) is 10.4. The average molecular weight is 390 g/mol. The van der Waals surface area contributed by atoms with E-state index in [9.17, 15) is 14.4 Å². The average Bonchev–Trinajstić information content (AvgIpc) is 2.71. The lowest BCUT2D eigenvalue weighted by atomic mass is 10.1. The molecule has 6 nitrogen and oxygen atoms in total. The van der Waals surface area contributed by atoms with Gasteiger partial charge in [0.2, 0.25) is 0 Å². The summed E-state index contributed by atoms with van der Waals surface area (Å²) < 4.78 is 6.51. The second kappa shape index (κ2) is 9.01. The molecule has 1 heterocycles. The molecule has 0 aliphatic carbocycles. The number of anilines is 1. The van der Waals surface area contributed by atoms with Crippen LogP contribution < -0.4 is 10.9 Å². The molecule has 1 aromatic heterocycles. The number of para-hydroxylation sites is 1. The van der Waals surface area contributed by atoms with Crippen molar-refractivity contribution in [3.05, 3.63) is 99.5 Å². The van der Waals surface area contributed by atoms with Gasteiger partial charge < -0.3 is 14.6 Å². The maximum absolute atomic E-state index is 12.7. The number of nitrogens with zero attached hydrogens (tertiary/aromatic N) is 1. The van der Waals surface area contributed by atoms with Gasteiger partial charge >= 0.3 is 5.97 Å². The standard InChI is InChI=1S/C23H22N2O4/c1-3-29-23(28)19-6-4-5-7-20(19)24-22(27)18-12-13-21(26)25(15-18)14-17-10-8-16(2)9-11-17/h4-13,15H,3,14H2,1-2H3,(H,24,27). The Bertz CT molecular complexity index is 1080. The topological polar surface area (TPSA) is 77.4 Å². The van der Waals surface area contributed by atoms with Crippen LogP contribution in [0.3, 0.4) is 0 Å². The highest BCUT2D eigenvalue weighted by Crippen LogP contribution is 2.17. The van der Waals surface area contributed by atoms with E-state index in [-0.39, 0.29) is 17.7 Å². The van der Waals surface area contributed by atoms with Crippen LogP contribution in [0.1, 0.15) is 38.8 Å². The third-order valence-electron chi connectivity index (χ3n) is 4.39. The van der Waals surface area contributed by atoms with Crippen molar-refractivity contribution in [3.8, 4) is 0 Å². The first-order valence-corrected chi connectivity index (χ1v) is 9.31. The van der Waals surface area contributed by atoms with E-state index in [1.54, 1.807) is 31.2 Å². The van der Waals surface area contributed by atoms with Gasteiger partial charge in [-0.15, -0.1) is 0 Å². The molecule has 0 aliphatic heterocycles. The fraction of sp³-hybridized carbons (Fsp3) is 0.174. The van der Waals surface area contributed by atoms with Gasteiger partial charge in [-0.3, -0.25) is 9.59 Å². The summed E-state index contributed by atoms with van der Waals surface area (Å²) in [6.07, 6.45) is 1.52. The van der Waals surface area contributed by atoms with Crippen molar-refractivity contribution in [2.45, 2.75) is 20.4 Å². The van der Waals surface area contributed by atoms with Crippen LogP contribution >= 0.6 is 0 Å². The smallest absolute Gasteiger partial charge is 0.340 e. The molecule has 0 saturated carbocycles. The molecule has 1 N–H and O–H groups in total. The van der Waals surface area contributed by atoms with Gasteiger partial charge in [0.15, 0.2) is 0 Å². The molecular weight excluding hydrogens is 368 g/mol. The van der Waals surface area contributed by atoms with Gasteiger partial charge in [0, 0.05) is 12.3 Å². The summed E-state index contributed by atoms with van der Waals surface area (Å²) in [6, 6.07) is 17.3. The van der Waals surface area contributed by atoms with E-state index >= 15 is 0 Å². The number of benzene rings is 2. The van der Waals surface area contributed by atoms with Gasteiger partial charge in [-0.25, -0.2) is 4.79 Å². The largest absolute Gasteiger partial charge is 0.462 e. The van der Waals surface area contributed by atoms with E-state index in [2.05, 4.69) is 5.32 Å². The first kappa shape index (κ1) is 20.1. The van der Waals surface area contributed by atoms with Crippen LogP contribution in [-0.2, 0) is 11.3 Å². The predicted octanol–water partition coefficient (Wildman–Crippen LogP) is 3.63. The fourth-order valence-electron chi connectivity index (χ4n) is 2.85. The van der Waals surface area contributed by atoms with Crippen LogP contribution in [0.5, 0.6) is 0 Å². The van der Waals surface area contributed by atoms with Crippen LogP contribution in [0.2, 0.25) is 0 Å². The zero-order chi connectivity index (χ0) is 20.8. The van der Waals surface area contributed by atoms with Crippen LogP contribution in [0.25, 0.3) is 0 Å². The lowest BCUT2D eigenvalue weighted by Crippen LogP contribution is -2.23. The Kier molecular flexibility index (Phi) is 6.24. The second-order valence-electron chi connectivity index (χ2n) is 6.59. The third kappa shape index (κ3) is 4.99. The minimum absolute atomic E-state index is 0.200. The summed E-state index contributed by atoms with van der Waals surface area (Å²) in [5.41, 5.74) is 2.84. The summed E-state index contributed by atoms with van der Waals surface area (Å²) in [4.78, 5) is 37.0. The number of carbonyl (C=O) groups is 2. The van der Waals surface area contributed by atoms with Gasteiger partial charge in [-0.2, -0.15) is 0 Å². The first-order valence-electron chi connectivity index (χ1n) is 9.31. The highest BCUT2D eigenvalue weighted by atomic mass is 16.5. The van der Waals surface area contributed by atoms with Crippen molar-refractivity contribution < 1.29 is 14.3 Å². The number of hydrogen-bond acceptors (Lipinski definition) is 4. The molecule has 0 atom stereocenters. The summed E-state index contributed by atoms with van der Waals surface area (Å²) in [5.74, 6) is -0.924. The Morgan fingerprint density at radius 3 is 2.45 bits per heavy atom. The molecule has 148 valence electrons. The van der Waals surface area contributed by atoms with Gasteiger partial charge in [-0.05, 0) is 37.6 Å². The van der Waals surface area contributed by atoms with Crippen molar-refractivity contribution in [3.63, 3.8) is 0 Å². The zero-order valence-electron chi connectivity index (χ0n) is 16.3. The quantitative estimate of drug-likeness (QED) is 0.652. The number of pyridine rings is 1. The number of amides is 1. The van der Waals surface area contributed by atoms with E-state index in [0.29, 0.717) is 17.8 Å². The molecule has 0 radical (unpaired) electrons.